The van der Waals surface area contributed by atoms with Crippen LogP contribution in [0.2, 0.25) is 0 Å². The van der Waals surface area contributed by atoms with Crippen LogP contribution in [0.15, 0.2) is 61.4 Å². The van der Waals surface area contributed by atoms with Crippen LogP contribution in [-0.4, -0.2) is 89.6 Å². The first kappa shape index (κ1) is 33.2. The number of hydrogen-bond acceptors (Lipinski definition) is 10. The predicted octanol–water partition coefficient (Wildman–Crippen LogP) is -1.86. The third-order valence-electron chi connectivity index (χ3n) is 7.26. The minimum atomic E-state index is -2.07. The number of nitrogens with zero attached hydrogens (tertiary/aromatic N) is 9. The normalized spacial score (nSPS) is 15.0. The van der Waals surface area contributed by atoms with Gasteiger partial charge in [-0.2, -0.15) is 0 Å². The molecular formula is C27H30ClF2N9O6. The number of aliphatic hydroxyl groups is 2. The molecule has 1 aliphatic heterocycles. The van der Waals surface area contributed by atoms with Gasteiger partial charge in [0.25, 0.3) is 6.33 Å². The topological polar surface area (TPSA) is 165 Å². The summed E-state index contributed by atoms with van der Waals surface area (Å²) >= 11 is 0. The van der Waals surface area contributed by atoms with E-state index >= 15 is 4.39 Å². The number of aromatic nitrogens is 7. The molecule has 2 atom stereocenters. The van der Waals surface area contributed by atoms with Crippen molar-refractivity contribution in [1.29, 1.82) is 0 Å². The van der Waals surface area contributed by atoms with Crippen molar-refractivity contribution in [2.45, 2.75) is 38.3 Å². The molecule has 0 saturated carbocycles. The maximum Gasteiger partial charge on any atom is 0.511 e. The summed E-state index contributed by atoms with van der Waals surface area (Å²) < 4.78 is 43.0. The van der Waals surface area contributed by atoms with Gasteiger partial charge >= 0.3 is 12.2 Å². The van der Waals surface area contributed by atoms with E-state index in [-0.39, 0.29) is 57.4 Å². The summed E-state index contributed by atoms with van der Waals surface area (Å²) in [7, 11) is 0. The van der Waals surface area contributed by atoms with Crippen molar-refractivity contribution in [3.8, 4) is 5.69 Å². The van der Waals surface area contributed by atoms with E-state index < -0.39 is 35.5 Å². The lowest BCUT2D eigenvalue weighted by molar-refractivity contribution is -0.728. The van der Waals surface area contributed by atoms with Crippen molar-refractivity contribution < 1.29 is 55.0 Å². The van der Waals surface area contributed by atoms with Crippen LogP contribution >= 0.6 is 0 Å². The van der Waals surface area contributed by atoms with Gasteiger partial charge in [-0.1, -0.05) is 6.07 Å². The lowest BCUT2D eigenvalue weighted by Gasteiger charge is -2.38. The van der Waals surface area contributed by atoms with Crippen LogP contribution in [0.3, 0.4) is 0 Å². The highest BCUT2D eigenvalue weighted by atomic mass is 35.5. The average molecular weight is 650 g/mol. The summed E-state index contributed by atoms with van der Waals surface area (Å²) in [6.45, 7) is 1.33. The lowest BCUT2D eigenvalue weighted by Crippen LogP contribution is -3.00. The Morgan fingerprint density at radius 3 is 2.58 bits per heavy atom. The molecule has 15 nitrogen and oxygen atoms in total. The van der Waals surface area contributed by atoms with Crippen molar-refractivity contribution in [3.63, 3.8) is 0 Å². The molecule has 0 bridgehead atoms. The highest BCUT2D eigenvalue weighted by Gasteiger charge is 2.47. The molecule has 2 aromatic carbocycles. The van der Waals surface area contributed by atoms with Crippen molar-refractivity contribution >= 4 is 17.9 Å². The quantitative estimate of drug-likeness (QED) is 0.101. The molecular weight excluding hydrogens is 620 g/mol. The van der Waals surface area contributed by atoms with Crippen LogP contribution in [0.4, 0.5) is 24.1 Å². The molecule has 0 aliphatic carbocycles. The van der Waals surface area contributed by atoms with E-state index in [0.717, 1.165) is 12.1 Å². The number of benzene rings is 2. The van der Waals surface area contributed by atoms with Gasteiger partial charge in [-0.3, -0.25) is 4.90 Å². The monoisotopic (exact) mass is 649 g/mol. The van der Waals surface area contributed by atoms with Crippen LogP contribution in [0.5, 0.6) is 0 Å². The predicted molar refractivity (Wildman–Crippen MR) is 145 cm³/mol. The first-order valence-corrected chi connectivity index (χ1v) is 13.6. The van der Waals surface area contributed by atoms with E-state index in [9.17, 15) is 19.1 Å². The van der Waals surface area contributed by atoms with Crippen molar-refractivity contribution in [3.05, 3.63) is 78.6 Å². The van der Waals surface area contributed by atoms with Gasteiger partial charge < -0.3 is 37.0 Å². The fourth-order valence-corrected chi connectivity index (χ4v) is 4.91. The van der Waals surface area contributed by atoms with Crippen molar-refractivity contribution in [1.82, 2.24) is 34.9 Å². The van der Waals surface area contributed by atoms with E-state index in [1.165, 1.54) is 42.7 Å². The first-order chi connectivity index (χ1) is 21.2. The standard InChI is InChI=1S/C27H30F2N9O6.ClH/c1-19(36-9-10-37(25(36)40)21-4-6-22(7-5-21)38-15-30-32-33-38)27(42,23-8-3-20(28)13-24(23)29)14-35-17-34(16-31-35)18-44-26(41)43-12-2-11-39;/h3-8,13,15-17,19,39,42H,2,9-12,14,18H2,1H3;1H/q+1;/p-1/t19-,27+;/m1./s1. The Bertz CT molecular complexity index is 1590. The molecule has 0 spiro atoms. The van der Waals surface area contributed by atoms with Crippen LogP contribution < -0.4 is 21.9 Å². The van der Waals surface area contributed by atoms with Crippen LogP contribution in [-0.2, 0) is 28.4 Å². The Morgan fingerprint density at radius 1 is 1.13 bits per heavy atom. The smallest absolute Gasteiger partial charge is 0.511 e. The molecule has 1 fully saturated rings. The summed E-state index contributed by atoms with van der Waals surface area (Å²) in [5.41, 5.74) is -1.01. The van der Waals surface area contributed by atoms with Crippen LogP contribution in [0, 0.1) is 11.6 Å². The minimum absolute atomic E-state index is 0. The third kappa shape index (κ3) is 7.33. The minimum Gasteiger partial charge on any atom is -1.00 e. The van der Waals surface area contributed by atoms with Crippen molar-refractivity contribution in [2.24, 2.45) is 0 Å². The molecule has 1 aliphatic rings. The SMILES string of the molecule is C[C@@H](N1CCN(c2ccc(-n3cnnn3)cc2)C1=O)[C@@](O)(Cn1c[n+](COC(=O)OCCCO)cn1)c1ccc(F)cc1F.[Cl-]. The maximum atomic E-state index is 15.2. The number of anilines is 1. The van der Waals surface area contributed by atoms with Gasteiger partial charge in [0.2, 0.25) is 13.1 Å². The van der Waals surface area contributed by atoms with Crippen LogP contribution in [0.1, 0.15) is 18.9 Å². The average Bonchev–Trinajstić information content (AvgIpc) is 3.78. The third-order valence-corrected chi connectivity index (χ3v) is 7.26. The highest BCUT2D eigenvalue weighted by Crippen LogP contribution is 2.35. The number of halogens is 3. The van der Waals surface area contributed by atoms with E-state index in [4.69, 9.17) is 14.6 Å². The number of carbonyl (C=O) groups excluding carboxylic acids is 2. The second-order valence-electron chi connectivity index (χ2n) is 10.0. The molecule has 0 radical (unpaired) electrons. The van der Waals surface area contributed by atoms with Gasteiger partial charge in [-0.05, 0) is 47.7 Å². The van der Waals surface area contributed by atoms with Gasteiger partial charge in [-0.25, -0.2) is 27.6 Å². The zero-order valence-corrected chi connectivity index (χ0v) is 24.7. The number of amides is 2. The number of tetrazole rings is 1. The summed E-state index contributed by atoms with van der Waals surface area (Å²) in [6.07, 6.45) is 3.49. The molecule has 2 aromatic heterocycles. The molecule has 2 N–H and O–H groups in total. The van der Waals surface area contributed by atoms with Gasteiger partial charge in [0.1, 0.15) is 30.1 Å². The maximum absolute atomic E-state index is 15.2. The van der Waals surface area contributed by atoms with Gasteiger partial charge in [0.15, 0.2) is 0 Å². The number of rotatable bonds is 12. The summed E-state index contributed by atoms with van der Waals surface area (Å²) in [6, 6.07) is 8.38. The molecule has 0 unspecified atom stereocenters. The number of aliphatic hydroxyl groups excluding tert-OH is 1. The number of urea groups is 1. The zero-order valence-electron chi connectivity index (χ0n) is 24.0. The first-order valence-electron chi connectivity index (χ1n) is 13.6. The Balaban J connectivity index is 0.00000461. The van der Waals surface area contributed by atoms with Gasteiger partial charge in [-0.15, -0.1) is 9.78 Å². The second kappa shape index (κ2) is 14.4. The molecule has 5 rings (SSSR count). The molecule has 45 heavy (non-hydrogen) atoms. The van der Waals surface area contributed by atoms with Crippen LogP contribution in [0.25, 0.3) is 5.69 Å². The largest absolute Gasteiger partial charge is 1.00 e. The molecule has 3 heterocycles. The van der Waals surface area contributed by atoms with E-state index in [1.807, 2.05) is 0 Å². The molecule has 4 aromatic rings. The van der Waals surface area contributed by atoms with Crippen molar-refractivity contribution in [2.75, 3.05) is 31.2 Å². The number of hydrogen-bond donors (Lipinski definition) is 2. The Labute approximate surface area is 261 Å². The number of carbonyl (C=O) groups is 2. The molecule has 240 valence electrons. The van der Waals surface area contributed by atoms with Gasteiger partial charge in [0.05, 0.1) is 18.3 Å². The molecule has 2 amide bonds. The molecule has 18 heteroatoms. The molecule has 1 saturated heterocycles. The van der Waals surface area contributed by atoms with E-state index in [2.05, 4.69) is 20.6 Å². The fourth-order valence-electron chi connectivity index (χ4n) is 4.91. The summed E-state index contributed by atoms with van der Waals surface area (Å²) in [5.74, 6) is -1.82. The Kier molecular flexibility index (Phi) is 10.6. The van der Waals surface area contributed by atoms with E-state index in [1.54, 1.807) is 31.2 Å². The summed E-state index contributed by atoms with van der Waals surface area (Å²) in [4.78, 5) is 28.3. The highest BCUT2D eigenvalue weighted by molar-refractivity contribution is 5.94. The number of ether oxygens (including phenoxy) is 2. The second-order valence-corrected chi connectivity index (χ2v) is 10.0. The lowest BCUT2D eigenvalue weighted by atomic mass is 9.85. The van der Waals surface area contributed by atoms with E-state index in [0.29, 0.717) is 24.0 Å². The van der Waals surface area contributed by atoms with Gasteiger partial charge in [0, 0.05) is 48.5 Å². The Hall–Kier alpha value is -4.74. The Morgan fingerprint density at radius 2 is 1.89 bits per heavy atom. The summed E-state index contributed by atoms with van der Waals surface area (Å²) in [5, 5.41) is 36.1. The fraction of sp³-hybridized carbons (Fsp3) is 0.370. The zero-order chi connectivity index (χ0) is 31.3.